The van der Waals surface area contributed by atoms with Gasteiger partial charge in [0.15, 0.2) is 6.04 Å². The number of nitriles is 1. The zero-order valence-electron chi connectivity index (χ0n) is 9.69. The predicted octanol–water partition coefficient (Wildman–Crippen LogP) is -0.136. The van der Waals surface area contributed by atoms with E-state index in [-0.39, 0.29) is 12.0 Å². The molecule has 0 bridgehead atoms. The number of hydrogen-bond acceptors (Lipinski definition) is 2. The van der Waals surface area contributed by atoms with Crippen LogP contribution in [0.2, 0.25) is 0 Å². The van der Waals surface area contributed by atoms with Crippen molar-refractivity contribution in [3.05, 3.63) is 0 Å². The largest absolute Gasteiger partial charge is 0.342 e. The number of amides is 1. The normalized spacial score (nSPS) is 30.8. The number of hydrogen-bond donors (Lipinski definition) is 1. The summed E-state index contributed by atoms with van der Waals surface area (Å²) in [6.45, 7) is 2.77. The van der Waals surface area contributed by atoms with Crippen LogP contribution in [0.15, 0.2) is 0 Å². The monoisotopic (exact) mass is 222 g/mol. The summed E-state index contributed by atoms with van der Waals surface area (Å²) in [5, 5.41) is 11.0. The first-order valence-electron chi connectivity index (χ1n) is 6.33. The van der Waals surface area contributed by atoms with Gasteiger partial charge >= 0.3 is 0 Å². The molecule has 2 saturated heterocycles. The third-order valence-corrected chi connectivity index (χ3v) is 3.69. The van der Waals surface area contributed by atoms with Gasteiger partial charge in [-0.2, -0.15) is 5.26 Å². The third kappa shape index (κ3) is 2.53. The van der Waals surface area contributed by atoms with Crippen molar-refractivity contribution in [2.24, 2.45) is 5.92 Å². The molecule has 16 heavy (non-hydrogen) atoms. The first-order chi connectivity index (χ1) is 7.81. The van der Waals surface area contributed by atoms with E-state index in [4.69, 9.17) is 5.26 Å². The lowest BCUT2D eigenvalue weighted by Gasteiger charge is -2.32. The van der Waals surface area contributed by atoms with Crippen LogP contribution in [-0.2, 0) is 4.79 Å². The first kappa shape index (κ1) is 11.4. The maximum Gasteiger partial charge on any atom is 0.226 e. The van der Waals surface area contributed by atoms with Crippen molar-refractivity contribution >= 4 is 5.91 Å². The molecule has 2 aliphatic heterocycles. The Hall–Kier alpha value is -1.08. The Morgan fingerprint density at radius 3 is 2.75 bits per heavy atom. The first-order valence-corrected chi connectivity index (χ1v) is 6.33. The Balaban J connectivity index is 1.90. The highest BCUT2D eigenvalue weighted by molar-refractivity contribution is 5.79. The molecule has 4 heteroatoms. The Kier molecular flexibility index (Phi) is 3.79. The molecule has 0 unspecified atom stereocenters. The summed E-state index contributed by atoms with van der Waals surface area (Å²) >= 11 is 0. The summed E-state index contributed by atoms with van der Waals surface area (Å²) in [6, 6.07) is 2.26. The average molecular weight is 222 g/mol. The smallest absolute Gasteiger partial charge is 0.226 e. The number of piperidine rings is 2. The summed E-state index contributed by atoms with van der Waals surface area (Å²) in [5.74, 6) is 0.404. The Morgan fingerprint density at radius 1 is 1.31 bits per heavy atom. The van der Waals surface area contributed by atoms with Crippen molar-refractivity contribution < 1.29 is 10.1 Å². The predicted molar refractivity (Wildman–Crippen MR) is 59.3 cm³/mol. The third-order valence-electron chi connectivity index (χ3n) is 3.69. The number of nitrogens with two attached hydrogens (primary N) is 1. The van der Waals surface area contributed by atoms with Gasteiger partial charge in [-0.3, -0.25) is 4.79 Å². The lowest BCUT2D eigenvalue weighted by molar-refractivity contribution is -0.686. The van der Waals surface area contributed by atoms with E-state index in [1.165, 1.54) is 6.42 Å². The van der Waals surface area contributed by atoms with Gasteiger partial charge < -0.3 is 10.2 Å². The van der Waals surface area contributed by atoms with Crippen molar-refractivity contribution in [1.82, 2.24) is 4.90 Å². The molecule has 2 aliphatic rings. The molecule has 2 rings (SSSR count). The van der Waals surface area contributed by atoms with Gasteiger partial charge in [-0.25, -0.2) is 0 Å². The molecule has 2 N–H and O–H groups in total. The number of likely N-dealkylation sites (tertiary alicyclic amines) is 1. The van der Waals surface area contributed by atoms with E-state index in [0.29, 0.717) is 5.91 Å². The molecular formula is C12H20N3O+. The van der Waals surface area contributed by atoms with Crippen LogP contribution in [0.5, 0.6) is 0 Å². The molecule has 88 valence electrons. The van der Waals surface area contributed by atoms with Crippen molar-refractivity contribution in [1.29, 1.82) is 5.26 Å². The van der Waals surface area contributed by atoms with Gasteiger partial charge in [0.05, 0.1) is 12.5 Å². The maximum absolute atomic E-state index is 12.2. The van der Waals surface area contributed by atoms with E-state index in [2.05, 4.69) is 11.4 Å². The molecule has 0 spiro atoms. The Bertz CT molecular complexity index is 291. The van der Waals surface area contributed by atoms with Gasteiger partial charge in [-0.1, -0.05) is 0 Å². The summed E-state index contributed by atoms with van der Waals surface area (Å²) in [7, 11) is 0. The minimum Gasteiger partial charge on any atom is -0.342 e. The van der Waals surface area contributed by atoms with Gasteiger partial charge in [0, 0.05) is 25.9 Å². The van der Waals surface area contributed by atoms with Crippen LogP contribution in [0.4, 0.5) is 0 Å². The molecule has 4 nitrogen and oxygen atoms in total. The van der Waals surface area contributed by atoms with Crippen LogP contribution >= 0.6 is 0 Å². The fourth-order valence-corrected chi connectivity index (χ4v) is 2.72. The fraction of sp³-hybridized carbons (Fsp3) is 0.833. The molecule has 0 aromatic rings. The minimum absolute atomic E-state index is 0.00695. The summed E-state index contributed by atoms with van der Waals surface area (Å²) in [6.07, 6.45) is 5.22. The highest BCUT2D eigenvalue weighted by Crippen LogP contribution is 2.19. The van der Waals surface area contributed by atoms with Crippen molar-refractivity contribution in [2.75, 3.05) is 19.6 Å². The van der Waals surface area contributed by atoms with Crippen LogP contribution in [0.1, 0.15) is 32.1 Å². The van der Waals surface area contributed by atoms with Crippen LogP contribution in [0.25, 0.3) is 0 Å². The van der Waals surface area contributed by atoms with E-state index in [0.717, 1.165) is 45.3 Å². The summed E-state index contributed by atoms with van der Waals surface area (Å²) in [4.78, 5) is 14.2. The summed E-state index contributed by atoms with van der Waals surface area (Å²) in [5.41, 5.74) is 0. The van der Waals surface area contributed by atoms with Crippen molar-refractivity contribution in [2.45, 2.75) is 38.1 Å². The van der Waals surface area contributed by atoms with E-state index in [1.807, 2.05) is 4.90 Å². The van der Waals surface area contributed by atoms with Gasteiger partial charge in [0.25, 0.3) is 0 Å². The lowest BCUT2D eigenvalue weighted by Crippen LogP contribution is -2.92. The zero-order valence-corrected chi connectivity index (χ0v) is 9.69. The van der Waals surface area contributed by atoms with Crippen LogP contribution < -0.4 is 5.32 Å². The van der Waals surface area contributed by atoms with Crippen LogP contribution in [-0.4, -0.2) is 36.5 Å². The molecule has 0 radical (unpaired) electrons. The standard InChI is InChI=1S/C12H19N3O/c13-9-11-8-10(4-5-14-11)12(16)15-6-2-1-3-7-15/h10-11,14H,1-8H2/p+1/t10-,11-/m0/s1. The van der Waals surface area contributed by atoms with Crippen LogP contribution in [0.3, 0.4) is 0 Å². The number of carbonyl (C=O) groups is 1. The van der Waals surface area contributed by atoms with Gasteiger partial charge in [-0.15, -0.1) is 0 Å². The second kappa shape index (κ2) is 5.31. The van der Waals surface area contributed by atoms with Crippen molar-refractivity contribution in [3.63, 3.8) is 0 Å². The molecule has 0 aliphatic carbocycles. The van der Waals surface area contributed by atoms with Crippen LogP contribution in [0, 0.1) is 17.2 Å². The molecule has 2 atom stereocenters. The molecule has 0 saturated carbocycles. The molecule has 2 fully saturated rings. The highest BCUT2D eigenvalue weighted by atomic mass is 16.2. The molecular weight excluding hydrogens is 202 g/mol. The SMILES string of the molecule is N#C[C@@H]1C[C@@H](C(=O)N2CCCCC2)CC[NH2+]1. The topological polar surface area (TPSA) is 60.7 Å². The summed E-state index contributed by atoms with van der Waals surface area (Å²) < 4.78 is 0. The Labute approximate surface area is 96.6 Å². The Morgan fingerprint density at radius 2 is 2.06 bits per heavy atom. The molecule has 2 heterocycles. The van der Waals surface area contributed by atoms with Gasteiger partial charge in [0.2, 0.25) is 5.91 Å². The minimum atomic E-state index is -0.00695. The number of rotatable bonds is 1. The number of nitrogens with zero attached hydrogens (tertiary/aromatic N) is 2. The molecule has 1 amide bonds. The van der Waals surface area contributed by atoms with E-state index in [1.54, 1.807) is 0 Å². The van der Waals surface area contributed by atoms with E-state index >= 15 is 0 Å². The van der Waals surface area contributed by atoms with E-state index < -0.39 is 0 Å². The number of carbonyl (C=O) groups excluding carboxylic acids is 1. The molecule has 0 aromatic carbocycles. The van der Waals surface area contributed by atoms with Crippen molar-refractivity contribution in [3.8, 4) is 6.07 Å². The van der Waals surface area contributed by atoms with Gasteiger partial charge in [-0.05, 0) is 19.3 Å². The average Bonchev–Trinajstić information content (AvgIpc) is 2.39. The highest BCUT2D eigenvalue weighted by Gasteiger charge is 2.32. The second-order valence-corrected chi connectivity index (χ2v) is 4.87. The second-order valence-electron chi connectivity index (χ2n) is 4.87. The number of quaternary nitrogens is 1. The quantitative estimate of drug-likeness (QED) is 0.671. The lowest BCUT2D eigenvalue weighted by atomic mass is 9.91. The van der Waals surface area contributed by atoms with Gasteiger partial charge in [0.1, 0.15) is 6.07 Å². The zero-order chi connectivity index (χ0) is 11.4. The van der Waals surface area contributed by atoms with E-state index in [9.17, 15) is 4.79 Å². The molecule has 0 aromatic heterocycles. The fourth-order valence-electron chi connectivity index (χ4n) is 2.72. The maximum atomic E-state index is 12.2.